The molecule has 1 heterocycles. The van der Waals surface area contributed by atoms with Gasteiger partial charge in [0, 0.05) is 5.41 Å². The van der Waals surface area contributed by atoms with Crippen LogP contribution < -0.4 is 0 Å². The minimum atomic E-state index is -0.679. The number of carboxylic acids is 1. The number of ether oxygens (including phenoxy) is 1. The van der Waals surface area contributed by atoms with E-state index in [0.29, 0.717) is 19.1 Å². The van der Waals surface area contributed by atoms with E-state index < -0.39 is 11.4 Å². The fourth-order valence-corrected chi connectivity index (χ4v) is 3.30. The van der Waals surface area contributed by atoms with Gasteiger partial charge in [0.15, 0.2) is 0 Å². The van der Waals surface area contributed by atoms with Gasteiger partial charge in [-0.2, -0.15) is 0 Å². The summed E-state index contributed by atoms with van der Waals surface area (Å²) in [7, 11) is 0. The molecule has 2 aliphatic rings. The second-order valence-electron chi connectivity index (χ2n) is 5.91. The predicted molar refractivity (Wildman–Crippen MR) is 61.2 cm³/mol. The van der Waals surface area contributed by atoms with Crippen molar-refractivity contribution in [2.45, 2.75) is 46.0 Å². The Morgan fingerprint density at radius 1 is 1.25 bits per heavy atom. The van der Waals surface area contributed by atoms with E-state index in [-0.39, 0.29) is 5.41 Å². The second kappa shape index (κ2) is 4.02. The fraction of sp³-hybridized carbons (Fsp3) is 0.923. The number of carboxylic acid groups (broad SMARTS) is 1. The zero-order valence-corrected chi connectivity index (χ0v) is 10.3. The molecule has 3 nitrogen and oxygen atoms in total. The van der Waals surface area contributed by atoms with Crippen LogP contribution in [0.3, 0.4) is 0 Å². The van der Waals surface area contributed by atoms with Gasteiger partial charge in [0.25, 0.3) is 0 Å². The lowest BCUT2D eigenvalue weighted by molar-refractivity contribution is -0.221. The summed E-state index contributed by atoms with van der Waals surface area (Å²) in [5.41, 5.74) is -0.771. The Kier molecular flexibility index (Phi) is 2.99. The van der Waals surface area contributed by atoms with Crippen molar-refractivity contribution in [2.24, 2.45) is 16.7 Å². The lowest BCUT2D eigenvalue weighted by Gasteiger charge is -2.55. The molecule has 2 rings (SSSR count). The van der Waals surface area contributed by atoms with E-state index in [0.717, 1.165) is 0 Å². The lowest BCUT2D eigenvalue weighted by atomic mass is 9.54. The molecule has 0 aromatic heterocycles. The third-order valence-electron chi connectivity index (χ3n) is 4.89. The molecule has 0 bridgehead atoms. The van der Waals surface area contributed by atoms with Crippen LogP contribution in [-0.4, -0.2) is 24.3 Å². The molecule has 1 saturated heterocycles. The van der Waals surface area contributed by atoms with Crippen molar-refractivity contribution in [3.63, 3.8) is 0 Å². The van der Waals surface area contributed by atoms with Gasteiger partial charge in [0.1, 0.15) is 0 Å². The Morgan fingerprint density at radius 2 is 1.81 bits per heavy atom. The van der Waals surface area contributed by atoms with E-state index in [4.69, 9.17) is 4.74 Å². The van der Waals surface area contributed by atoms with E-state index in [9.17, 15) is 9.90 Å². The summed E-state index contributed by atoms with van der Waals surface area (Å²) in [6.45, 7) is 5.01. The van der Waals surface area contributed by atoms with Gasteiger partial charge in [0.2, 0.25) is 0 Å². The van der Waals surface area contributed by atoms with Crippen LogP contribution in [0.5, 0.6) is 0 Å². The molecular formula is C13H22O3. The summed E-state index contributed by atoms with van der Waals surface area (Å²) < 4.78 is 5.36. The molecule has 0 amide bonds. The van der Waals surface area contributed by atoms with Crippen LogP contribution in [0.15, 0.2) is 0 Å². The van der Waals surface area contributed by atoms with Crippen LogP contribution in [0.25, 0.3) is 0 Å². The van der Waals surface area contributed by atoms with E-state index >= 15 is 0 Å². The van der Waals surface area contributed by atoms with Crippen molar-refractivity contribution in [3.05, 3.63) is 0 Å². The summed E-state index contributed by atoms with van der Waals surface area (Å²) in [6, 6.07) is 0. The third-order valence-corrected chi connectivity index (χ3v) is 4.89. The zero-order chi connectivity index (χ0) is 11.8. The Morgan fingerprint density at radius 3 is 2.19 bits per heavy atom. The Hall–Kier alpha value is -0.570. The molecule has 2 fully saturated rings. The lowest BCUT2D eigenvalue weighted by Crippen LogP contribution is -2.60. The highest BCUT2D eigenvalue weighted by atomic mass is 16.5. The molecule has 1 saturated carbocycles. The molecule has 0 aromatic rings. The fourth-order valence-electron chi connectivity index (χ4n) is 3.30. The average Bonchev–Trinajstić information content (AvgIpc) is 2.16. The SMILES string of the molecule is CC(C)(C(=O)O)C1(C2CCCCC2)COC1. The van der Waals surface area contributed by atoms with Gasteiger partial charge in [-0.25, -0.2) is 0 Å². The smallest absolute Gasteiger partial charge is 0.309 e. The average molecular weight is 226 g/mol. The molecule has 92 valence electrons. The molecule has 0 radical (unpaired) electrons. The first-order chi connectivity index (χ1) is 7.51. The first-order valence-corrected chi connectivity index (χ1v) is 6.32. The highest BCUT2D eigenvalue weighted by Gasteiger charge is 2.58. The molecule has 0 unspecified atom stereocenters. The maximum absolute atomic E-state index is 11.4. The van der Waals surface area contributed by atoms with Crippen LogP contribution in [0, 0.1) is 16.7 Å². The molecule has 0 spiro atoms. The number of aliphatic carboxylic acids is 1. The molecule has 1 aliphatic heterocycles. The van der Waals surface area contributed by atoms with Crippen LogP contribution >= 0.6 is 0 Å². The maximum Gasteiger partial charge on any atom is 0.309 e. The van der Waals surface area contributed by atoms with Gasteiger partial charge in [-0.1, -0.05) is 19.3 Å². The molecule has 0 aromatic carbocycles. The van der Waals surface area contributed by atoms with Gasteiger partial charge >= 0.3 is 5.97 Å². The molecule has 0 atom stereocenters. The highest BCUT2D eigenvalue weighted by molar-refractivity contribution is 5.75. The van der Waals surface area contributed by atoms with Crippen molar-refractivity contribution >= 4 is 5.97 Å². The topological polar surface area (TPSA) is 46.5 Å². The zero-order valence-electron chi connectivity index (χ0n) is 10.3. The van der Waals surface area contributed by atoms with Gasteiger partial charge in [0.05, 0.1) is 18.6 Å². The first kappa shape index (κ1) is 11.9. The van der Waals surface area contributed by atoms with Gasteiger partial charge in [-0.3, -0.25) is 4.79 Å². The number of hydrogen-bond donors (Lipinski definition) is 1. The molecule has 1 N–H and O–H groups in total. The monoisotopic (exact) mass is 226 g/mol. The first-order valence-electron chi connectivity index (χ1n) is 6.32. The summed E-state index contributed by atoms with van der Waals surface area (Å²) in [6.07, 6.45) is 6.17. The highest BCUT2D eigenvalue weighted by Crippen LogP contribution is 2.54. The second-order valence-corrected chi connectivity index (χ2v) is 5.91. The third kappa shape index (κ3) is 1.56. The predicted octanol–water partition coefficient (Wildman–Crippen LogP) is 2.69. The Labute approximate surface area is 97.2 Å². The van der Waals surface area contributed by atoms with E-state index in [1.165, 1.54) is 32.1 Å². The van der Waals surface area contributed by atoms with Crippen molar-refractivity contribution in [1.82, 2.24) is 0 Å². The van der Waals surface area contributed by atoms with Crippen LogP contribution in [0.1, 0.15) is 46.0 Å². The Bertz CT molecular complexity index is 273. The van der Waals surface area contributed by atoms with E-state index in [1.54, 1.807) is 0 Å². The largest absolute Gasteiger partial charge is 0.481 e. The van der Waals surface area contributed by atoms with Crippen molar-refractivity contribution < 1.29 is 14.6 Å². The van der Waals surface area contributed by atoms with Crippen molar-refractivity contribution in [3.8, 4) is 0 Å². The number of carbonyl (C=O) groups is 1. The molecular weight excluding hydrogens is 204 g/mol. The summed E-state index contributed by atoms with van der Waals surface area (Å²) in [5.74, 6) is -0.137. The normalized spacial score (nSPS) is 26.1. The van der Waals surface area contributed by atoms with Crippen molar-refractivity contribution in [2.75, 3.05) is 13.2 Å². The van der Waals surface area contributed by atoms with Crippen molar-refractivity contribution in [1.29, 1.82) is 0 Å². The molecule has 1 aliphatic carbocycles. The summed E-state index contributed by atoms with van der Waals surface area (Å²) in [5, 5.41) is 9.42. The van der Waals surface area contributed by atoms with Crippen LogP contribution in [0.2, 0.25) is 0 Å². The molecule has 16 heavy (non-hydrogen) atoms. The van der Waals surface area contributed by atoms with E-state index in [1.807, 2.05) is 13.8 Å². The number of rotatable bonds is 3. The summed E-state index contributed by atoms with van der Waals surface area (Å²) >= 11 is 0. The van der Waals surface area contributed by atoms with Gasteiger partial charge in [-0.05, 0) is 32.6 Å². The Balaban J connectivity index is 2.21. The van der Waals surface area contributed by atoms with Crippen LogP contribution in [0.4, 0.5) is 0 Å². The van der Waals surface area contributed by atoms with Gasteiger partial charge in [-0.15, -0.1) is 0 Å². The standard InChI is InChI=1S/C13H22O3/c1-12(2,11(14)15)13(8-16-9-13)10-6-4-3-5-7-10/h10H,3-9H2,1-2H3,(H,14,15). The quantitative estimate of drug-likeness (QED) is 0.804. The summed E-state index contributed by atoms with van der Waals surface area (Å²) in [4.78, 5) is 11.4. The molecule has 3 heteroatoms. The van der Waals surface area contributed by atoms with Crippen LogP contribution in [-0.2, 0) is 9.53 Å². The maximum atomic E-state index is 11.4. The number of hydrogen-bond acceptors (Lipinski definition) is 2. The van der Waals surface area contributed by atoms with Gasteiger partial charge < -0.3 is 9.84 Å². The minimum Gasteiger partial charge on any atom is -0.481 e. The van der Waals surface area contributed by atoms with E-state index in [2.05, 4.69) is 0 Å². The minimum absolute atomic E-state index is 0.112.